The van der Waals surface area contributed by atoms with Crippen molar-refractivity contribution in [1.29, 1.82) is 0 Å². The third-order valence-electron chi connectivity index (χ3n) is 4.92. The number of benzene rings is 1. The van der Waals surface area contributed by atoms with Crippen LogP contribution in [-0.4, -0.2) is 53.2 Å². The number of ether oxygens (including phenoxy) is 1. The first-order valence-electron chi connectivity index (χ1n) is 10.3. The summed E-state index contributed by atoms with van der Waals surface area (Å²) in [4.78, 5) is 38.7. The molecule has 0 unspecified atom stereocenters. The minimum atomic E-state index is -1.19. The van der Waals surface area contributed by atoms with Gasteiger partial charge in [-0.25, -0.2) is 13.2 Å². The van der Waals surface area contributed by atoms with Crippen LogP contribution in [-0.2, 0) is 17.8 Å². The zero-order chi connectivity index (χ0) is 24.7. The normalized spacial score (nSPS) is 12.7. The summed E-state index contributed by atoms with van der Waals surface area (Å²) in [5.41, 5.74) is -2.33. The van der Waals surface area contributed by atoms with E-state index >= 15 is 0 Å². The highest BCUT2D eigenvalue weighted by Crippen LogP contribution is 2.21. The van der Waals surface area contributed by atoms with Crippen molar-refractivity contribution >= 4 is 11.8 Å². The number of pyridine rings is 1. The van der Waals surface area contributed by atoms with Crippen LogP contribution in [0.4, 0.5) is 13.2 Å². The Labute approximate surface area is 188 Å². The Hall–Kier alpha value is -3.34. The number of aromatic nitrogens is 1. The van der Waals surface area contributed by atoms with Gasteiger partial charge in [0.25, 0.3) is 11.8 Å². The van der Waals surface area contributed by atoms with Crippen molar-refractivity contribution in [2.75, 3.05) is 26.8 Å². The number of hydrogen-bond acceptors (Lipinski definition) is 5. The summed E-state index contributed by atoms with van der Waals surface area (Å²) in [6, 6.07) is 0.940. The molecule has 3 rings (SSSR count). The fraction of sp³-hybridized carbons (Fsp3) is 0.409. The van der Waals surface area contributed by atoms with E-state index in [0.29, 0.717) is 31.6 Å². The highest BCUT2D eigenvalue weighted by atomic mass is 19.1. The maximum atomic E-state index is 13.7. The van der Waals surface area contributed by atoms with Gasteiger partial charge >= 0.3 is 0 Å². The molecule has 0 saturated heterocycles. The molecule has 2 heterocycles. The van der Waals surface area contributed by atoms with Crippen LogP contribution < -0.4 is 10.7 Å². The third-order valence-corrected chi connectivity index (χ3v) is 4.92. The Morgan fingerprint density at radius 2 is 1.76 bits per heavy atom. The summed E-state index contributed by atoms with van der Waals surface area (Å²) >= 11 is 0. The summed E-state index contributed by atoms with van der Waals surface area (Å²) in [5, 5.41) is 12.4. The zero-order valence-electron chi connectivity index (χ0n) is 18.6. The number of aromatic hydroxyl groups is 1. The van der Waals surface area contributed by atoms with Crippen LogP contribution in [0.2, 0.25) is 0 Å². The number of carbonyl (C=O) groups excluding carboxylic acids is 2. The Morgan fingerprint density at radius 3 is 2.30 bits per heavy atom. The number of rotatable bonds is 6. The second kappa shape index (κ2) is 11.5. The molecule has 1 aromatic heterocycles. The summed E-state index contributed by atoms with van der Waals surface area (Å²) in [5.74, 6) is -5.84. The number of hydrogen-bond donors (Lipinski definition) is 2. The molecule has 2 amide bonds. The number of nitrogens with zero attached hydrogens (tertiary/aromatic N) is 2. The largest absolute Gasteiger partial charge is 0.503 e. The summed E-state index contributed by atoms with van der Waals surface area (Å²) in [6.45, 7) is 5.09. The number of methoxy groups -OCH3 is 1. The zero-order valence-corrected chi connectivity index (χ0v) is 18.6. The molecule has 8 nitrogen and oxygen atoms in total. The predicted octanol–water partition coefficient (Wildman–Crippen LogP) is 2.42. The first kappa shape index (κ1) is 25.9. The average molecular weight is 469 g/mol. The van der Waals surface area contributed by atoms with Crippen molar-refractivity contribution < 1.29 is 32.6 Å². The van der Waals surface area contributed by atoms with Gasteiger partial charge in [0.15, 0.2) is 11.4 Å². The first-order chi connectivity index (χ1) is 15.7. The summed E-state index contributed by atoms with van der Waals surface area (Å²) < 4.78 is 46.2. The van der Waals surface area contributed by atoms with Gasteiger partial charge in [-0.15, -0.1) is 0 Å². The van der Waals surface area contributed by atoms with Crippen molar-refractivity contribution in [1.82, 2.24) is 14.8 Å². The third kappa shape index (κ3) is 5.92. The molecule has 0 spiro atoms. The molecule has 1 aliphatic rings. The molecule has 0 saturated carbocycles. The van der Waals surface area contributed by atoms with Crippen molar-refractivity contribution in [3.05, 3.63) is 62.8 Å². The SMILES string of the molecule is CCCN1CCn2cc(C(=O)NCc3c(F)cc(F)cc3F)c(=O)c(O)c2C1=O.CCOC. The van der Waals surface area contributed by atoms with E-state index in [1.54, 1.807) is 7.11 Å². The lowest BCUT2D eigenvalue weighted by Gasteiger charge is -2.30. The topological polar surface area (TPSA) is 101 Å². The molecular weight excluding hydrogens is 443 g/mol. The monoisotopic (exact) mass is 469 g/mol. The maximum Gasteiger partial charge on any atom is 0.274 e. The van der Waals surface area contributed by atoms with Gasteiger partial charge in [0, 0.05) is 63.8 Å². The van der Waals surface area contributed by atoms with E-state index in [-0.39, 0.29) is 12.2 Å². The van der Waals surface area contributed by atoms with E-state index in [4.69, 9.17) is 0 Å². The fourth-order valence-corrected chi connectivity index (χ4v) is 3.18. The Morgan fingerprint density at radius 1 is 1.15 bits per heavy atom. The minimum absolute atomic E-state index is 0.207. The van der Waals surface area contributed by atoms with Gasteiger partial charge in [-0.1, -0.05) is 6.92 Å². The van der Waals surface area contributed by atoms with Crippen LogP contribution in [0.5, 0.6) is 5.75 Å². The molecule has 0 aliphatic carbocycles. The predicted molar refractivity (Wildman–Crippen MR) is 114 cm³/mol. The second-order valence-electron chi connectivity index (χ2n) is 7.16. The van der Waals surface area contributed by atoms with E-state index < -0.39 is 58.1 Å². The fourth-order valence-electron chi connectivity index (χ4n) is 3.18. The number of fused-ring (bicyclic) bond motifs is 1. The van der Waals surface area contributed by atoms with E-state index in [0.717, 1.165) is 12.8 Å². The molecule has 11 heteroatoms. The number of amides is 2. The van der Waals surface area contributed by atoms with Crippen LogP contribution in [0, 0.1) is 17.5 Å². The van der Waals surface area contributed by atoms with Gasteiger partial charge in [-0.3, -0.25) is 14.4 Å². The smallest absolute Gasteiger partial charge is 0.274 e. The number of halogens is 3. The summed E-state index contributed by atoms with van der Waals surface area (Å²) in [6.07, 6.45) is 1.83. The molecule has 0 fully saturated rings. The van der Waals surface area contributed by atoms with E-state index in [1.165, 1.54) is 9.47 Å². The number of nitrogens with one attached hydrogen (secondary N) is 1. The van der Waals surface area contributed by atoms with Crippen LogP contribution in [0.1, 0.15) is 46.7 Å². The van der Waals surface area contributed by atoms with Gasteiger partial charge < -0.3 is 24.6 Å². The van der Waals surface area contributed by atoms with Gasteiger partial charge in [-0.05, 0) is 13.3 Å². The van der Waals surface area contributed by atoms with E-state index in [2.05, 4.69) is 10.1 Å². The Kier molecular flexibility index (Phi) is 9.03. The maximum absolute atomic E-state index is 13.7. The average Bonchev–Trinajstić information content (AvgIpc) is 2.77. The first-order valence-corrected chi connectivity index (χ1v) is 10.3. The molecular formula is C22H26F3N3O5. The highest BCUT2D eigenvalue weighted by molar-refractivity contribution is 5.99. The van der Waals surface area contributed by atoms with Crippen molar-refractivity contribution in [2.45, 2.75) is 33.4 Å². The lowest BCUT2D eigenvalue weighted by Crippen LogP contribution is -2.43. The van der Waals surface area contributed by atoms with E-state index in [1.807, 2.05) is 13.8 Å². The highest BCUT2D eigenvalue weighted by Gasteiger charge is 2.30. The molecule has 180 valence electrons. The standard InChI is InChI=1S/C19H18F3N3O4.C3H8O/c1-2-3-24-4-5-25-9-12(16(26)17(27)15(25)19(24)29)18(28)23-8-11-13(21)6-10(20)7-14(11)22;1-3-4-2/h6-7,9,27H,2-5,8H2,1H3,(H,23,28);3H2,1-2H3. The van der Waals surface area contributed by atoms with Gasteiger partial charge in [0.05, 0.1) is 0 Å². The summed E-state index contributed by atoms with van der Waals surface area (Å²) in [7, 11) is 1.68. The molecule has 2 aromatic rings. The van der Waals surface area contributed by atoms with Gasteiger partial charge in [0.2, 0.25) is 5.43 Å². The van der Waals surface area contributed by atoms with Crippen LogP contribution in [0.25, 0.3) is 0 Å². The lowest BCUT2D eigenvalue weighted by atomic mass is 10.1. The lowest BCUT2D eigenvalue weighted by molar-refractivity contribution is 0.0695. The minimum Gasteiger partial charge on any atom is -0.503 e. The molecule has 0 bridgehead atoms. The second-order valence-corrected chi connectivity index (χ2v) is 7.16. The van der Waals surface area contributed by atoms with Crippen LogP contribution in [0.3, 0.4) is 0 Å². The molecule has 0 radical (unpaired) electrons. The molecule has 1 aromatic carbocycles. The molecule has 1 aliphatic heterocycles. The molecule has 2 N–H and O–H groups in total. The molecule has 33 heavy (non-hydrogen) atoms. The van der Waals surface area contributed by atoms with Crippen LogP contribution >= 0.6 is 0 Å². The Balaban J connectivity index is 0.000000890. The number of carbonyl (C=O) groups is 2. The van der Waals surface area contributed by atoms with Gasteiger partial charge in [-0.2, -0.15) is 0 Å². The Bertz CT molecular complexity index is 1060. The van der Waals surface area contributed by atoms with Crippen LogP contribution in [0.15, 0.2) is 23.1 Å². The van der Waals surface area contributed by atoms with Crippen molar-refractivity contribution in [3.8, 4) is 5.75 Å². The molecule has 0 atom stereocenters. The van der Waals surface area contributed by atoms with Crippen molar-refractivity contribution in [3.63, 3.8) is 0 Å². The van der Waals surface area contributed by atoms with E-state index in [9.17, 15) is 32.7 Å². The van der Waals surface area contributed by atoms with Crippen molar-refractivity contribution in [2.24, 2.45) is 0 Å². The quantitative estimate of drug-likeness (QED) is 0.677. The van der Waals surface area contributed by atoms with Gasteiger partial charge in [0.1, 0.15) is 23.0 Å².